The van der Waals surface area contributed by atoms with E-state index >= 15 is 0 Å². The molecule has 0 aromatic heterocycles. The largest absolute Gasteiger partial charge is 0.375 e. The molecule has 2 N–H and O–H groups in total. The van der Waals surface area contributed by atoms with Crippen molar-refractivity contribution in [3.05, 3.63) is 0 Å². The van der Waals surface area contributed by atoms with Gasteiger partial charge in [0, 0.05) is 0 Å². The first-order valence-electron chi connectivity index (χ1n) is 4.24. The normalized spacial score (nSPS) is 20.0. The van der Waals surface area contributed by atoms with Crippen molar-refractivity contribution in [1.82, 2.24) is 0 Å². The molecule has 12 heavy (non-hydrogen) atoms. The molecule has 1 fully saturated rings. The topological polar surface area (TPSA) is 35.2 Å². The van der Waals surface area contributed by atoms with Crippen LogP contribution in [-0.2, 0) is 4.74 Å². The number of nitrogens with two attached hydrogens (primary N) is 1. The molecule has 1 rings (SSSR count). The maximum absolute atomic E-state index is 11.7. The molecule has 72 valence electrons. The SMILES string of the molecule is NCCC1(COCC(F)F)CC1. The Balaban J connectivity index is 2.06. The van der Waals surface area contributed by atoms with E-state index < -0.39 is 13.0 Å². The molecule has 4 heteroatoms. The van der Waals surface area contributed by atoms with E-state index in [1.165, 1.54) is 0 Å². The number of hydrogen-bond acceptors (Lipinski definition) is 2. The van der Waals surface area contributed by atoms with E-state index in [0.29, 0.717) is 13.2 Å². The van der Waals surface area contributed by atoms with Crippen molar-refractivity contribution in [3.8, 4) is 0 Å². The van der Waals surface area contributed by atoms with Crippen LogP contribution in [0.2, 0.25) is 0 Å². The predicted molar refractivity (Wildman–Crippen MR) is 42.2 cm³/mol. The molecule has 0 aromatic carbocycles. The maximum Gasteiger partial charge on any atom is 0.261 e. The number of rotatable bonds is 6. The second-order valence-corrected chi connectivity index (χ2v) is 3.44. The third-order valence-corrected chi connectivity index (χ3v) is 2.28. The maximum atomic E-state index is 11.7. The smallest absolute Gasteiger partial charge is 0.261 e. The van der Waals surface area contributed by atoms with Crippen LogP contribution in [0, 0.1) is 5.41 Å². The van der Waals surface area contributed by atoms with Crippen LogP contribution in [0.15, 0.2) is 0 Å². The summed E-state index contributed by atoms with van der Waals surface area (Å²) in [6.45, 7) is 0.638. The summed E-state index contributed by atoms with van der Waals surface area (Å²) in [6, 6.07) is 0. The lowest BCUT2D eigenvalue weighted by atomic mass is 10.0. The molecule has 0 atom stereocenters. The Morgan fingerprint density at radius 2 is 2.08 bits per heavy atom. The van der Waals surface area contributed by atoms with Crippen LogP contribution in [0.4, 0.5) is 8.78 Å². The summed E-state index contributed by atoms with van der Waals surface area (Å²) in [5.41, 5.74) is 5.54. The quantitative estimate of drug-likeness (QED) is 0.668. The summed E-state index contributed by atoms with van der Waals surface area (Å²) in [5, 5.41) is 0. The molecule has 0 aromatic rings. The molecule has 1 aliphatic carbocycles. The molecular weight excluding hydrogens is 164 g/mol. The Morgan fingerprint density at radius 3 is 2.50 bits per heavy atom. The third kappa shape index (κ3) is 3.03. The lowest BCUT2D eigenvalue weighted by molar-refractivity contribution is -0.00116. The van der Waals surface area contributed by atoms with Gasteiger partial charge in [0.1, 0.15) is 6.61 Å². The first-order chi connectivity index (χ1) is 5.68. The first-order valence-corrected chi connectivity index (χ1v) is 4.24. The summed E-state index contributed by atoms with van der Waals surface area (Å²) >= 11 is 0. The van der Waals surface area contributed by atoms with E-state index in [9.17, 15) is 8.78 Å². The molecule has 0 unspecified atom stereocenters. The lowest BCUT2D eigenvalue weighted by Gasteiger charge is -2.13. The van der Waals surface area contributed by atoms with Crippen molar-refractivity contribution in [3.63, 3.8) is 0 Å². The standard InChI is InChI=1S/C8H15F2NO/c9-7(10)5-12-6-8(1-2-8)3-4-11/h7H,1-6,11H2. The first kappa shape index (κ1) is 9.86. The zero-order valence-electron chi connectivity index (χ0n) is 7.06. The zero-order chi connectivity index (χ0) is 9.03. The highest BCUT2D eigenvalue weighted by Gasteiger charge is 2.41. The minimum absolute atomic E-state index is 0.156. The molecule has 0 saturated heterocycles. The van der Waals surface area contributed by atoms with Gasteiger partial charge < -0.3 is 10.5 Å². The van der Waals surface area contributed by atoms with Gasteiger partial charge in [-0.1, -0.05) is 0 Å². The summed E-state index contributed by atoms with van der Waals surface area (Å²) < 4.78 is 28.2. The van der Waals surface area contributed by atoms with Crippen molar-refractivity contribution in [2.45, 2.75) is 25.7 Å². The Morgan fingerprint density at radius 1 is 1.42 bits per heavy atom. The molecule has 0 radical (unpaired) electrons. The van der Waals surface area contributed by atoms with Gasteiger partial charge in [-0.25, -0.2) is 8.78 Å². The number of ether oxygens (including phenoxy) is 1. The summed E-state index contributed by atoms with van der Waals surface area (Å²) in [4.78, 5) is 0. The van der Waals surface area contributed by atoms with Crippen LogP contribution < -0.4 is 5.73 Å². The fourth-order valence-corrected chi connectivity index (χ4v) is 1.31. The minimum Gasteiger partial charge on any atom is -0.375 e. The van der Waals surface area contributed by atoms with Crippen LogP contribution in [0.3, 0.4) is 0 Å². The van der Waals surface area contributed by atoms with Gasteiger partial charge >= 0.3 is 0 Å². The van der Waals surface area contributed by atoms with Gasteiger partial charge in [-0.05, 0) is 31.2 Å². The molecule has 0 spiro atoms. The molecule has 2 nitrogen and oxygen atoms in total. The van der Waals surface area contributed by atoms with Gasteiger partial charge in [0.25, 0.3) is 6.43 Å². The van der Waals surface area contributed by atoms with Crippen molar-refractivity contribution < 1.29 is 13.5 Å². The van der Waals surface area contributed by atoms with Crippen LogP contribution in [-0.4, -0.2) is 26.2 Å². The summed E-state index contributed by atoms with van der Waals surface area (Å²) in [7, 11) is 0. The van der Waals surface area contributed by atoms with E-state index in [-0.39, 0.29) is 5.41 Å². The predicted octanol–water partition coefficient (Wildman–Crippen LogP) is 1.40. The fraction of sp³-hybridized carbons (Fsp3) is 1.00. The highest BCUT2D eigenvalue weighted by atomic mass is 19.3. The fourth-order valence-electron chi connectivity index (χ4n) is 1.31. The number of halogens is 2. The van der Waals surface area contributed by atoms with Crippen LogP contribution >= 0.6 is 0 Å². The van der Waals surface area contributed by atoms with Gasteiger partial charge in [-0.2, -0.15) is 0 Å². The van der Waals surface area contributed by atoms with Crippen molar-refractivity contribution in [2.75, 3.05) is 19.8 Å². The van der Waals surface area contributed by atoms with Crippen LogP contribution in [0.5, 0.6) is 0 Å². The lowest BCUT2D eigenvalue weighted by Crippen LogP contribution is -2.17. The Kier molecular flexibility index (Phi) is 3.40. The average molecular weight is 179 g/mol. The van der Waals surface area contributed by atoms with Crippen LogP contribution in [0.25, 0.3) is 0 Å². The van der Waals surface area contributed by atoms with E-state index in [0.717, 1.165) is 19.3 Å². The average Bonchev–Trinajstić information content (AvgIpc) is 2.69. The van der Waals surface area contributed by atoms with Crippen molar-refractivity contribution >= 4 is 0 Å². The zero-order valence-corrected chi connectivity index (χ0v) is 7.06. The highest BCUT2D eigenvalue weighted by Crippen LogP contribution is 2.48. The molecule has 0 bridgehead atoms. The summed E-state index contributed by atoms with van der Waals surface area (Å²) in [5.74, 6) is 0. The van der Waals surface area contributed by atoms with E-state index in [4.69, 9.17) is 10.5 Å². The van der Waals surface area contributed by atoms with E-state index in [1.54, 1.807) is 0 Å². The Labute approximate surface area is 71.1 Å². The minimum atomic E-state index is -2.35. The van der Waals surface area contributed by atoms with Gasteiger partial charge in [-0.15, -0.1) is 0 Å². The Bertz CT molecular complexity index is 137. The highest BCUT2D eigenvalue weighted by molar-refractivity contribution is 4.92. The molecule has 0 aliphatic heterocycles. The second kappa shape index (κ2) is 4.14. The molecule has 0 heterocycles. The van der Waals surface area contributed by atoms with Crippen LogP contribution in [0.1, 0.15) is 19.3 Å². The van der Waals surface area contributed by atoms with Crippen molar-refractivity contribution in [1.29, 1.82) is 0 Å². The number of hydrogen-bond donors (Lipinski definition) is 1. The van der Waals surface area contributed by atoms with Gasteiger partial charge in [0.05, 0.1) is 6.61 Å². The third-order valence-electron chi connectivity index (χ3n) is 2.28. The molecule has 0 amide bonds. The Hall–Kier alpha value is -0.220. The molecule has 1 aliphatic rings. The molecular formula is C8H15F2NO. The van der Waals surface area contributed by atoms with Gasteiger partial charge in [0.2, 0.25) is 0 Å². The number of alkyl halides is 2. The monoisotopic (exact) mass is 179 g/mol. The second-order valence-electron chi connectivity index (χ2n) is 3.44. The van der Waals surface area contributed by atoms with Gasteiger partial charge in [-0.3, -0.25) is 0 Å². The van der Waals surface area contributed by atoms with Gasteiger partial charge in [0.15, 0.2) is 0 Å². The molecule has 1 saturated carbocycles. The van der Waals surface area contributed by atoms with E-state index in [1.807, 2.05) is 0 Å². The summed E-state index contributed by atoms with van der Waals surface area (Å²) in [6.07, 6.45) is 0.704. The van der Waals surface area contributed by atoms with Crippen molar-refractivity contribution in [2.24, 2.45) is 11.1 Å². The van der Waals surface area contributed by atoms with E-state index in [2.05, 4.69) is 0 Å².